The third-order valence-electron chi connectivity index (χ3n) is 10.7. The number of likely N-dealkylation sites (N-methyl/N-ethyl adjacent to an activating group) is 1. The van der Waals surface area contributed by atoms with Crippen molar-refractivity contribution in [1.82, 2.24) is 9.80 Å². The van der Waals surface area contributed by atoms with E-state index in [1.165, 1.54) is 9.80 Å². The van der Waals surface area contributed by atoms with E-state index in [1.807, 2.05) is 51.1 Å². The molecule has 5 rings (SSSR count). The number of benzene rings is 2. The first kappa shape index (κ1) is 39.7. The van der Waals surface area contributed by atoms with E-state index >= 15 is 0 Å². The highest BCUT2D eigenvalue weighted by Gasteiger charge is 2.77. The summed E-state index contributed by atoms with van der Waals surface area (Å²) in [5.41, 5.74) is -0.150. The zero-order valence-corrected chi connectivity index (χ0v) is 32.5. The molecule has 12 heteroatoms. The molecule has 1 N–H and O–H groups in total. The number of ether oxygens (including phenoxy) is 2. The highest BCUT2D eigenvalue weighted by Crippen LogP contribution is 2.61. The van der Waals surface area contributed by atoms with Crippen LogP contribution in [0.4, 0.5) is 5.69 Å². The Morgan fingerprint density at radius 1 is 1.12 bits per heavy atom. The molecule has 3 fully saturated rings. The van der Waals surface area contributed by atoms with Crippen molar-refractivity contribution in [1.29, 1.82) is 0 Å². The molecule has 10 nitrogen and oxygen atoms in total. The first-order valence-corrected chi connectivity index (χ1v) is 19.1. The van der Waals surface area contributed by atoms with Gasteiger partial charge < -0.3 is 29.3 Å². The minimum atomic E-state index is -1.39. The lowest BCUT2D eigenvalue weighted by atomic mass is 9.70. The van der Waals surface area contributed by atoms with Crippen LogP contribution in [-0.4, -0.2) is 93.5 Å². The van der Waals surface area contributed by atoms with Gasteiger partial charge in [0.05, 0.1) is 36.6 Å². The highest BCUT2D eigenvalue weighted by atomic mass is 79.9. The van der Waals surface area contributed by atoms with Crippen LogP contribution < -0.4 is 4.90 Å². The van der Waals surface area contributed by atoms with Gasteiger partial charge >= 0.3 is 5.97 Å². The molecule has 52 heavy (non-hydrogen) atoms. The van der Waals surface area contributed by atoms with Crippen LogP contribution in [0, 0.1) is 17.8 Å². The summed E-state index contributed by atoms with van der Waals surface area (Å²) in [4.78, 5) is 61.8. The molecule has 0 saturated carbocycles. The van der Waals surface area contributed by atoms with Gasteiger partial charge in [0.1, 0.15) is 17.7 Å². The molecule has 3 saturated heterocycles. The third-order valence-corrected chi connectivity index (χ3v) is 11.8. The number of hydrogen-bond acceptors (Lipinski definition) is 7. The fraction of sp³-hybridized carbons (Fsp3) is 0.500. The molecule has 0 aliphatic carbocycles. The lowest BCUT2D eigenvalue weighted by molar-refractivity contribution is -0.165. The number of esters is 1. The molecule has 0 radical (unpaired) electrons. The van der Waals surface area contributed by atoms with E-state index in [0.717, 1.165) is 0 Å². The first-order chi connectivity index (χ1) is 24.8. The number of fused-ring (bicyclic) bond motifs is 1. The van der Waals surface area contributed by atoms with E-state index in [2.05, 4.69) is 29.1 Å². The van der Waals surface area contributed by atoms with Gasteiger partial charge in [-0.25, -0.2) is 0 Å². The molecule has 0 aromatic heterocycles. The van der Waals surface area contributed by atoms with Crippen LogP contribution in [0.1, 0.15) is 58.1 Å². The summed E-state index contributed by atoms with van der Waals surface area (Å²) in [6.45, 7) is 13.1. The molecular weight excluding hydrogens is 750 g/mol. The van der Waals surface area contributed by atoms with Crippen molar-refractivity contribution in [3.05, 3.63) is 90.5 Å². The van der Waals surface area contributed by atoms with Gasteiger partial charge in [0.15, 0.2) is 0 Å². The van der Waals surface area contributed by atoms with Crippen molar-refractivity contribution in [2.24, 2.45) is 17.8 Å². The van der Waals surface area contributed by atoms with E-state index in [-0.39, 0.29) is 42.6 Å². The molecule has 3 aliphatic rings. The van der Waals surface area contributed by atoms with Gasteiger partial charge in [0, 0.05) is 35.6 Å². The fourth-order valence-corrected chi connectivity index (χ4v) is 9.24. The summed E-state index contributed by atoms with van der Waals surface area (Å²) in [5, 5.41) is 11.2. The number of hydrogen-bond donors (Lipinski definition) is 1. The van der Waals surface area contributed by atoms with E-state index in [0.29, 0.717) is 29.1 Å². The second-order valence-electron chi connectivity index (χ2n) is 14.4. The van der Waals surface area contributed by atoms with Crippen molar-refractivity contribution in [2.75, 3.05) is 25.1 Å². The van der Waals surface area contributed by atoms with Crippen LogP contribution in [0.5, 0.6) is 0 Å². The van der Waals surface area contributed by atoms with Crippen LogP contribution in [0.3, 0.4) is 0 Å². The monoisotopic (exact) mass is 797 g/mol. The second kappa shape index (κ2) is 16.7. The Morgan fingerprint density at radius 2 is 1.79 bits per heavy atom. The van der Waals surface area contributed by atoms with E-state index in [9.17, 15) is 24.3 Å². The number of likely N-dealkylation sites (tertiary alicyclic amines) is 1. The van der Waals surface area contributed by atoms with Gasteiger partial charge in [-0.2, -0.15) is 0 Å². The quantitative estimate of drug-likeness (QED) is 0.124. The van der Waals surface area contributed by atoms with E-state index in [4.69, 9.17) is 21.1 Å². The zero-order chi connectivity index (χ0) is 37.9. The van der Waals surface area contributed by atoms with Crippen molar-refractivity contribution in [3.8, 4) is 0 Å². The molecule has 1 spiro atoms. The number of amides is 3. The summed E-state index contributed by atoms with van der Waals surface area (Å²) in [7, 11) is 1.68. The molecule has 2 aromatic carbocycles. The Kier molecular flexibility index (Phi) is 12.7. The molecule has 2 bridgehead atoms. The second-order valence-corrected chi connectivity index (χ2v) is 16.0. The van der Waals surface area contributed by atoms with Crippen LogP contribution in [0.2, 0.25) is 5.02 Å². The Labute approximate surface area is 319 Å². The number of nitrogens with zero attached hydrogens (tertiary/aromatic N) is 3. The summed E-state index contributed by atoms with van der Waals surface area (Å²) >= 11 is 9.93. The SMILES string of the molecule is C=CCCC(=O)N(C)[C@H](C)[C@H](OC(=O)[C@@H]1[C@H]2O[C@@]3(CC2Br)[C@H](C(=O)N(CC=C)c2ccc(Cl)cc2)N([C@@H](CO)CC(C)C)C(=O)[C@@H]13)c1ccccc1. The molecule has 280 valence electrons. The van der Waals surface area contributed by atoms with E-state index < -0.39 is 65.6 Å². The van der Waals surface area contributed by atoms with Crippen LogP contribution in [0.25, 0.3) is 0 Å². The standard InChI is InChI=1S/C40H49BrClN3O7/c1-7-9-15-31(47)43(6)25(5)34(26-13-11-10-12-14-26)51-39(50)32-33-37(48)45(29(23-46)21-24(3)4)36(40(33)22-30(41)35(32)52-40)38(49)44(20-8-2)28-18-16-27(42)17-19-28/h7-8,10-14,16-19,24-25,29-30,32-36,46H,1-2,9,15,20-23H2,3-6H3/t25-,29-,30?,32+,33-,34+,35+,36+,40-/m1/s1. The predicted molar refractivity (Wildman–Crippen MR) is 204 cm³/mol. The molecular formula is C40H49BrClN3O7. The third kappa shape index (κ3) is 7.47. The molecule has 3 heterocycles. The number of carbonyl (C=O) groups is 4. The summed E-state index contributed by atoms with van der Waals surface area (Å²) in [6, 6.07) is 13.6. The van der Waals surface area contributed by atoms with Crippen molar-refractivity contribution < 1.29 is 33.8 Å². The van der Waals surface area contributed by atoms with Crippen molar-refractivity contribution in [3.63, 3.8) is 0 Å². The minimum absolute atomic E-state index is 0.0837. The zero-order valence-electron chi connectivity index (χ0n) is 30.2. The van der Waals surface area contributed by atoms with Crippen LogP contribution in [0.15, 0.2) is 79.9 Å². The Morgan fingerprint density at radius 3 is 2.38 bits per heavy atom. The smallest absolute Gasteiger partial charge is 0.313 e. The maximum atomic E-state index is 15.0. The van der Waals surface area contributed by atoms with Crippen LogP contribution in [-0.2, 0) is 28.7 Å². The molecule has 3 aliphatic heterocycles. The van der Waals surface area contributed by atoms with Crippen LogP contribution >= 0.6 is 27.5 Å². The minimum Gasteiger partial charge on any atom is -0.455 e. The number of aliphatic hydroxyl groups excluding tert-OH is 1. The topological polar surface area (TPSA) is 117 Å². The maximum Gasteiger partial charge on any atom is 0.313 e. The Bertz CT molecular complexity index is 1640. The Hall–Kier alpha value is -3.51. The number of aliphatic hydroxyl groups is 1. The molecule has 9 atom stereocenters. The lowest BCUT2D eigenvalue weighted by Crippen LogP contribution is -2.59. The van der Waals surface area contributed by atoms with Gasteiger partial charge in [-0.3, -0.25) is 19.2 Å². The Balaban J connectivity index is 1.56. The van der Waals surface area contributed by atoms with Gasteiger partial charge in [-0.1, -0.05) is 83.9 Å². The summed E-state index contributed by atoms with van der Waals surface area (Å²) < 4.78 is 13.1. The van der Waals surface area contributed by atoms with Gasteiger partial charge in [-0.05, 0) is 61.9 Å². The number of rotatable bonds is 16. The average Bonchev–Trinajstić information content (AvgIpc) is 3.73. The average molecular weight is 799 g/mol. The maximum absolute atomic E-state index is 15.0. The fourth-order valence-electron chi connectivity index (χ4n) is 8.17. The number of carbonyl (C=O) groups excluding carboxylic acids is 4. The largest absolute Gasteiger partial charge is 0.455 e. The first-order valence-electron chi connectivity index (χ1n) is 17.9. The molecule has 1 unspecified atom stereocenters. The van der Waals surface area contributed by atoms with Gasteiger partial charge in [0.2, 0.25) is 11.8 Å². The van der Waals surface area contributed by atoms with Gasteiger partial charge in [-0.15, -0.1) is 13.2 Å². The van der Waals surface area contributed by atoms with Gasteiger partial charge in [0.25, 0.3) is 5.91 Å². The molecule has 3 amide bonds. The number of alkyl halides is 1. The summed E-state index contributed by atoms with van der Waals surface area (Å²) in [5.74, 6) is -3.65. The van der Waals surface area contributed by atoms with E-state index in [1.54, 1.807) is 48.4 Å². The number of halogens is 2. The van der Waals surface area contributed by atoms with Crippen molar-refractivity contribution in [2.45, 2.75) is 87.2 Å². The molecule has 2 aromatic rings. The normalized spacial score (nSPS) is 26.4. The summed E-state index contributed by atoms with van der Waals surface area (Å²) in [6.07, 6.45) is 3.13. The number of anilines is 1. The highest BCUT2D eigenvalue weighted by molar-refractivity contribution is 9.09. The predicted octanol–water partition coefficient (Wildman–Crippen LogP) is 6.11. The van der Waals surface area contributed by atoms with Crippen molar-refractivity contribution >= 4 is 56.9 Å². The number of allylic oxidation sites excluding steroid dienone is 1. The lowest BCUT2D eigenvalue weighted by Gasteiger charge is -2.39.